The van der Waals surface area contributed by atoms with Gasteiger partial charge in [-0.3, -0.25) is 14.4 Å². The Kier molecular flexibility index (Phi) is 5.49. The number of carbonyl (C=O) groups is 3. The number of amides is 2. The Hall–Kier alpha value is -2.50. The quantitative estimate of drug-likeness (QED) is 0.833. The first-order chi connectivity index (χ1) is 11.3. The first kappa shape index (κ1) is 17.8. The molecule has 0 radical (unpaired) electrons. The maximum Gasteiger partial charge on any atom is 0.271 e. The van der Waals surface area contributed by atoms with E-state index in [1.54, 1.807) is 31.2 Å². The van der Waals surface area contributed by atoms with Crippen molar-refractivity contribution in [3.05, 3.63) is 29.8 Å². The minimum atomic E-state index is -0.341. The van der Waals surface area contributed by atoms with E-state index in [2.05, 4.69) is 15.8 Å². The highest BCUT2D eigenvalue weighted by Crippen LogP contribution is 2.31. The Morgan fingerprint density at radius 3 is 2.42 bits per heavy atom. The Bertz CT molecular complexity index is 675. The topological polar surface area (TPSA) is 87.6 Å². The zero-order valence-corrected chi connectivity index (χ0v) is 14.3. The van der Waals surface area contributed by atoms with Gasteiger partial charge in [-0.1, -0.05) is 20.8 Å². The number of hydrogen-bond donors (Lipinski definition) is 2. The van der Waals surface area contributed by atoms with Gasteiger partial charge in [0, 0.05) is 36.2 Å². The number of benzene rings is 1. The van der Waals surface area contributed by atoms with Crippen LogP contribution in [0.2, 0.25) is 0 Å². The SMILES string of the molecule is CCC(=O)Nc1ccc(C(=O)N/N=C2/CC(=O)CC(C)(C)C2)cc1. The molecule has 1 saturated carbocycles. The molecule has 0 heterocycles. The normalized spacial score (nSPS) is 18.3. The number of anilines is 1. The number of carbonyl (C=O) groups excluding carboxylic acids is 3. The molecular weight excluding hydrogens is 306 g/mol. The van der Waals surface area contributed by atoms with Crippen molar-refractivity contribution in [1.29, 1.82) is 0 Å². The van der Waals surface area contributed by atoms with Crippen LogP contribution in [0.15, 0.2) is 29.4 Å². The molecule has 0 unspecified atom stereocenters. The number of ketones is 1. The molecule has 2 rings (SSSR count). The van der Waals surface area contributed by atoms with Crippen molar-refractivity contribution >= 4 is 29.0 Å². The van der Waals surface area contributed by atoms with Crippen LogP contribution in [0.1, 0.15) is 56.8 Å². The Labute approximate surface area is 141 Å². The Morgan fingerprint density at radius 2 is 1.83 bits per heavy atom. The van der Waals surface area contributed by atoms with Crippen molar-refractivity contribution in [1.82, 2.24) is 5.43 Å². The zero-order valence-electron chi connectivity index (χ0n) is 14.3. The summed E-state index contributed by atoms with van der Waals surface area (Å²) in [6, 6.07) is 6.58. The molecule has 2 amide bonds. The maximum atomic E-state index is 12.1. The predicted octanol–water partition coefficient (Wildman–Crippen LogP) is 2.90. The number of hydrogen-bond acceptors (Lipinski definition) is 4. The lowest BCUT2D eigenvalue weighted by atomic mass is 9.76. The van der Waals surface area contributed by atoms with Gasteiger partial charge in [0.25, 0.3) is 5.91 Å². The summed E-state index contributed by atoms with van der Waals surface area (Å²) in [4.78, 5) is 35.2. The lowest BCUT2D eigenvalue weighted by molar-refractivity contribution is -0.120. The van der Waals surface area contributed by atoms with Crippen LogP contribution < -0.4 is 10.7 Å². The summed E-state index contributed by atoms with van der Waals surface area (Å²) < 4.78 is 0. The van der Waals surface area contributed by atoms with Gasteiger partial charge >= 0.3 is 0 Å². The van der Waals surface area contributed by atoms with Crippen molar-refractivity contribution in [2.24, 2.45) is 10.5 Å². The second kappa shape index (κ2) is 7.38. The first-order valence-electron chi connectivity index (χ1n) is 8.06. The highest BCUT2D eigenvalue weighted by Gasteiger charge is 2.30. The van der Waals surface area contributed by atoms with E-state index in [0.29, 0.717) is 42.6 Å². The fourth-order valence-electron chi connectivity index (χ4n) is 2.73. The second-order valence-corrected chi connectivity index (χ2v) is 6.83. The standard InChI is InChI=1S/C18H23N3O3/c1-4-16(23)19-13-7-5-12(6-8-13)17(24)21-20-14-9-15(22)11-18(2,3)10-14/h5-8H,4,9-11H2,1-3H3,(H,19,23)(H,21,24)/b20-14-. The molecular formula is C18H23N3O3. The first-order valence-corrected chi connectivity index (χ1v) is 8.06. The van der Waals surface area contributed by atoms with Gasteiger partial charge in [-0.25, -0.2) is 5.43 Å². The Balaban J connectivity index is 1.98. The fraction of sp³-hybridized carbons (Fsp3) is 0.444. The highest BCUT2D eigenvalue weighted by molar-refractivity contribution is 6.05. The Morgan fingerprint density at radius 1 is 1.17 bits per heavy atom. The molecule has 0 aromatic heterocycles. The van der Waals surface area contributed by atoms with E-state index in [9.17, 15) is 14.4 Å². The van der Waals surface area contributed by atoms with Crippen molar-refractivity contribution in [3.63, 3.8) is 0 Å². The summed E-state index contributed by atoms with van der Waals surface area (Å²) in [5.74, 6) is -0.273. The lowest BCUT2D eigenvalue weighted by Crippen LogP contribution is -2.31. The van der Waals surface area contributed by atoms with E-state index in [0.717, 1.165) is 0 Å². The molecule has 0 aliphatic heterocycles. The monoisotopic (exact) mass is 329 g/mol. The van der Waals surface area contributed by atoms with Crippen LogP contribution in [0, 0.1) is 5.41 Å². The average Bonchev–Trinajstić information content (AvgIpc) is 2.51. The van der Waals surface area contributed by atoms with Crippen molar-refractivity contribution < 1.29 is 14.4 Å². The van der Waals surface area contributed by atoms with Gasteiger partial charge in [0.1, 0.15) is 5.78 Å². The number of nitrogens with zero attached hydrogens (tertiary/aromatic N) is 1. The van der Waals surface area contributed by atoms with Crippen LogP contribution in [0.3, 0.4) is 0 Å². The van der Waals surface area contributed by atoms with Gasteiger partial charge < -0.3 is 5.32 Å². The van der Waals surface area contributed by atoms with Gasteiger partial charge in [-0.15, -0.1) is 0 Å². The van der Waals surface area contributed by atoms with E-state index < -0.39 is 0 Å². The lowest BCUT2D eigenvalue weighted by Gasteiger charge is -2.28. The molecule has 0 bridgehead atoms. The molecule has 2 N–H and O–H groups in total. The summed E-state index contributed by atoms with van der Waals surface area (Å²) in [5, 5.41) is 6.84. The molecule has 1 aliphatic rings. The fourth-order valence-corrected chi connectivity index (χ4v) is 2.73. The average molecular weight is 329 g/mol. The predicted molar refractivity (Wildman–Crippen MR) is 92.9 cm³/mol. The summed E-state index contributed by atoms with van der Waals surface area (Å²) in [5.41, 5.74) is 4.18. The molecule has 1 fully saturated rings. The third-order valence-electron chi connectivity index (χ3n) is 3.83. The summed E-state index contributed by atoms with van der Waals surface area (Å²) in [7, 11) is 0. The molecule has 1 aromatic rings. The summed E-state index contributed by atoms with van der Waals surface area (Å²) in [6.07, 6.45) is 1.94. The van der Waals surface area contributed by atoms with Crippen LogP contribution in [0.25, 0.3) is 0 Å². The van der Waals surface area contributed by atoms with Crippen LogP contribution >= 0.6 is 0 Å². The zero-order chi connectivity index (χ0) is 17.7. The molecule has 0 atom stereocenters. The largest absolute Gasteiger partial charge is 0.326 e. The van der Waals surface area contributed by atoms with Gasteiger partial charge in [0.2, 0.25) is 5.91 Å². The second-order valence-electron chi connectivity index (χ2n) is 6.83. The molecule has 6 heteroatoms. The van der Waals surface area contributed by atoms with Gasteiger partial charge in [0.15, 0.2) is 0 Å². The highest BCUT2D eigenvalue weighted by atomic mass is 16.2. The molecule has 1 aliphatic carbocycles. The third kappa shape index (κ3) is 5.01. The number of nitrogens with one attached hydrogen (secondary N) is 2. The summed E-state index contributed by atoms with van der Waals surface area (Å²) >= 11 is 0. The van der Waals surface area contributed by atoms with Gasteiger partial charge in [-0.05, 0) is 36.1 Å². The van der Waals surface area contributed by atoms with Crippen molar-refractivity contribution in [2.45, 2.75) is 46.5 Å². The van der Waals surface area contributed by atoms with Crippen LogP contribution in [-0.2, 0) is 9.59 Å². The van der Waals surface area contributed by atoms with Gasteiger partial charge in [0.05, 0.1) is 0 Å². The van der Waals surface area contributed by atoms with Crippen molar-refractivity contribution in [3.8, 4) is 0 Å². The number of Topliss-reactive ketones (excluding diaryl/α,β-unsaturated/α-hetero) is 1. The molecule has 24 heavy (non-hydrogen) atoms. The molecule has 0 spiro atoms. The van der Waals surface area contributed by atoms with E-state index in [-0.39, 0.29) is 23.0 Å². The smallest absolute Gasteiger partial charge is 0.271 e. The van der Waals surface area contributed by atoms with Gasteiger partial charge in [-0.2, -0.15) is 5.10 Å². The number of rotatable bonds is 4. The molecule has 0 saturated heterocycles. The minimum absolute atomic E-state index is 0.0804. The maximum absolute atomic E-state index is 12.1. The number of hydrazone groups is 1. The van der Waals surface area contributed by atoms with E-state index in [1.807, 2.05) is 13.8 Å². The molecule has 128 valence electrons. The van der Waals surface area contributed by atoms with Crippen molar-refractivity contribution in [2.75, 3.05) is 5.32 Å². The minimum Gasteiger partial charge on any atom is -0.326 e. The van der Waals surface area contributed by atoms with Crippen LogP contribution in [0.5, 0.6) is 0 Å². The third-order valence-corrected chi connectivity index (χ3v) is 3.83. The van der Waals surface area contributed by atoms with Crippen LogP contribution in [0.4, 0.5) is 5.69 Å². The van der Waals surface area contributed by atoms with Crippen LogP contribution in [-0.4, -0.2) is 23.3 Å². The molecule has 1 aromatic carbocycles. The van der Waals surface area contributed by atoms with E-state index in [4.69, 9.17) is 0 Å². The molecule has 6 nitrogen and oxygen atoms in total. The summed E-state index contributed by atoms with van der Waals surface area (Å²) in [6.45, 7) is 5.81. The van der Waals surface area contributed by atoms with E-state index in [1.165, 1.54) is 0 Å². The van der Waals surface area contributed by atoms with E-state index >= 15 is 0 Å².